The molecule has 1 aliphatic heterocycles. The second kappa shape index (κ2) is 12.5. The number of rotatable bonds is 9. The number of thiophene rings is 1. The summed E-state index contributed by atoms with van der Waals surface area (Å²) in [6, 6.07) is 2.78. The lowest BCUT2D eigenvalue weighted by molar-refractivity contribution is 0.105. The van der Waals surface area contributed by atoms with Gasteiger partial charge in [-0.05, 0) is 62.0 Å². The van der Waals surface area contributed by atoms with Crippen LogP contribution in [0.15, 0.2) is 16.4 Å². The van der Waals surface area contributed by atoms with Gasteiger partial charge in [0.15, 0.2) is 5.96 Å². The van der Waals surface area contributed by atoms with Gasteiger partial charge >= 0.3 is 0 Å². The molecular weight excluding hydrogens is 495 g/mol. The van der Waals surface area contributed by atoms with Crippen LogP contribution in [0.1, 0.15) is 56.4 Å². The molecule has 1 atom stereocenters. The van der Waals surface area contributed by atoms with Crippen molar-refractivity contribution in [3.05, 3.63) is 21.9 Å². The fraction of sp³-hybridized carbons (Fsp3) is 0.773. The Morgan fingerprint density at radius 1 is 1.34 bits per heavy atom. The van der Waals surface area contributed by atoms with Gasteiger partial charge in [0.05, 0.1) is 0 Å². The molecule has 2 aliphatic rings. The third kappa shape index (κ3) is 7.08. The van der Waals surface area contributed by atoms with Crippen molar-refractivity contribution < 1.29 is 4.74 Å². The van der Waals surface area contributed by atoms with Crippen LogP contribution in [0, 0.1) is 5.41 Å². The van der Waals surface area contributed by atoms with E-state index in [-0.39, 0.29) is 24.0 Å². The Bertz CT molecular complexity index is 630. The molecular formula is C22H39IN4OS. The first-order chi connectivity index (χ1) is 13.7. The quantitative estimate of drug-likeness (QED) is 0.215. The lowest BCUT2D eigenvalue weighted by Gasteiger charge is -2.33. The topological polar surface area (TPSA) is 48.9 Å². The minimum Gasteiger partial charge on any atom is -0.382 e. The van der Waals surface area contributed by atoms with Crippen LogP contribution in [0.2, 0.25) is 0 Å². The summed E-state index contributed by atoms with van der Waals surface area (Å²) in [5.41, 5.74) is 1.89. The molecule has 5 nitrogen and oxygen atoms in total. The summed E-state index contributed by atoms with van der Waals surface area (Å²) < 4.78 is 5.64. The van der Waals surface area contributed by atoms with Crippen LogP contribution < -0.4 is 10.6 Å². The highest BCUT2D eigenvalue weighted by Crippen LogP contribution is 2.40. The third-order valence-electron chi connectivity index (χ3n) is 6.52. The first-order valence-electron chi connectivity index (χ1n) is 11.0. The monoisotopic (exact) mass is 534 g/mol. The van der Waals surface area contributed by atoms with E-state index in [0.717, 1.165) is 51.8 Å². The number of hydrogen-bond donors (Lipinski definition) is 2. The van der Waals surface area contributed by atoms with Gasteiger partial charge in [0.25, 0.3) is 0 Å². The van der Waals surface area contributed by atoms with Crippen molar-refractivity contribution in [2.75, 3.05) is 39.9 Å². The van der Waals surface area contributed by atoms with Gasteiger partial charge in [0.2, 0.25) is 0 Å². The van der Waals surface area contributed by atoms with Crippen LogP contribution in [0.3, 0.4) is 0 Å². The number of hydrogen-bond acceptors (Lipinski definition) is 4. The molecule has 2 N–H and O–H groups in total. The Kier molecular flexibility index (Phi) is 10.7. The summed E-state index contributed by atoms with van der Waals surface area (Å²) in [4.78, 5) is 8.62. The van der Waals surface area contributed by atoms with Crippen molar-refractivity contribution >= 4 is 41.3 Å². The van der Waals surface area contributed by atoms with Crippen LogP contribution >= 0.6 is 35.3 Å². The molecule has 0 aromatic carbocycles. The first-order valence-corrected chi connectivity index (χ1v) is 11.9. The van der Waals surface area contributed by atoms with E-state index >= 15 is 0 Å². The Morgan fingerprint density at radius 3 is 2.86 bits per heavy atom. The average Bonchev–Trinajstić information content (AvgIpc) is 3.37. The number of ether oxygens (including phenoxy) is 1. The summed E-state index contributed by atoms with van der Waals surface area (Å²) in [7, 11) is 1.88. The number of nitrogens with one attached hydrogen (secondary N) is 2. The third-order valence-corrected chi connectivity index (χ3v) is 7.55. The Morgan fingerprint density at radius 2 is 2.14 bits per heavy atom. The maximum absolute atomic E-state index is 5.64. The molecule has 1 saturated carbocycles. The molecule has 3 rings (SSSR count). The fourth-order valence-corrected chi connectivity index (χ4v) is 5.47. The molecule has 1 aromatic heterocycles. The van der Waals surface area contributed by atoms with E-state index in [9.17, 15) is 0 Å². The van der Waals surface area contributed by atoms with Crippen molar-refractivity contribution in [2.24, 2.45) is 10.4 Å². The van der Waals surface area contributed by atoms with Gasteiger partial charge in [0.1, 0.15) is 0 Å². The average molecular weight is 535 g/mol. The van der Waals surface area contributed by atoms with E-state index in [0.29, 0.717) is 11.5 Å². The summed E-state index contributed by atoms with van der Waals surface area (Å²) in [6.07, 6.45) is 7.63. The number of guanidine groups is 1. The molecule has 29 heavy (non-hydrogen) atoms. The fourth-order valence-electron chi connectivity index (χ4n) is 4.59. The maximum atomic E-state index is 5.64. The molecule has 0 saturated heterocycles. The molecule has 0 amide bonds. The number of halogens is 1. The van der Waals surface area contributed by atoms with Gasteiger partial charge in [-0.3, -0.25) is 9.89 Å². The molecule has 7 heteroatoms. The van der Waals surface area contributed by atoms with Gasteiger partial charge in [-0.15, -0.1) is 35.3 Å². The minimum atomic E-state index is 0. The zero-order valence-corrected chi connectivity index (χ0v) is 21.5. The van der Waals surface area contributed by atoms with Crippen molar-refractivity contribution in [1.29, 1.82) is 0 Å². The van der Waals surface area contributed by atoms with E-state index in [1.807, 2.05) is 18.4 Å². The highest BCUT2D eigenvalue weighted by molar-refractivity contribution is 14.0. The maximum Gasteiger partial charge on any atom is 0.191 e. The zero-order chi connectivity index (χ0) is 19.8. The Labute approximate surface area is 198 Å². The largest absolute Gasteiger partial charge is 0.382 e. The van der Waals surface area contributed by atoms with Crippen molar-refractivity contribution in [3.8, 4) is 0 Å². The number of aliphatic imine (C=N–C) groups is 1. The SMILES string of the molecule is CCOCCC1(CNC(=NC)NCC(C)N2CCc3sccc3C2)CCCC1.I. The molecule has 1 aliphatic carbocycles. The molecule has 0 spiro atoms. The van der Waals surface area contributed by atoms with Crippen molar-refractivity contribution in [2.45, 2.75) is 65.0 Å². The lowest BCUT2D eigenvalue weighted by Crippen LogP contribution is -2.48. The van der Waals surface area contributed by atoms with Crippen LogP contribution in [-0.2, 0) is 17.7 Å². The summed E-state index contributed by atoms with van der Waals surface area (Å²) in [5, 5.41) is 9.41. The molecule has 1 aromatic rings. The molecule has 1 unspecified atom stereocenters. The number of nitrogens with zero attached hydrogens (tertiary/aromatic N) is 2. The molecule has 2 heterocycles. The van der Waals surface area contributed by atoms with E-state index in [1.165, 1.54) is 37.7 Å². The van der Waals surface area contributed by atoms with E-state index < -0.39 is 0 Å². The van der Waals surface area contributed by atoms with E-state index in [2.05, 4.69) is 45.8 Å². The van der Waals surface area contributed by atoms with Crippen LogP contribution in [0.4, 0.5) is 0 Å². The first kappa shape index (κ1) is 24.9. The highest BCUT2D eigenvalue weighted by Gasteiger charge is 2.33. The summed E-state index contributed by atoms with van der Waals surface area (Å²) in [5.74, 6) is 0.933. The van der Waals surface area contributed by atoms with Gasteiger partial charge in [-0.25, -0.2) is 0 Å². The smallest absolute Gasteiger partial charge is 0.191 e. The minimum absolute atomic E-state index is 0. The number of fused-ring (bicyclic) bond motifs is 1. The second-order valence-corrected chi connectivity index (χ2v) is 9.40. The van der Waals surface area contributed by atoms with E-state index in [4.69, 9.17) is 4.74 Å². The van der Waals surface area contributed by atoms with Crippen LogP contribution in [0.25, 0.3) is 0 Å². The van der Waals surface area contributed by atoms with Gasteiger partial charge < -0.3 is 15.4 Å². The zero-order valence-electron chi connectivity index (χ0n) is 18.3. The highest BCUT2D eigenvalue weighted by atomic mass is 127. The molecule has 1 fully saturated rings. The van der Waals surface area contributed by atoms with Crippen molar-refractivity contribution in [3.63, 3.8) is 0 Å². The van der Waals surface area contributed by atoms with Crippen molar-refractivity contribution in [1.82, 2.24) is 15.5 Å². The Balaban J connectivity index is 0.00000300. The van der Waals surface area contributed by atoms with E-state index in [1.54, 1.807) is 4.88 Å². The normalized spacial score (nSPS) is 20.0. The predicted molar refractivity (Wildman–Crippen MR) is 135 cm³/mol. The predicted octanol–water partition coefficient (Wildman–Crippen LogP) is 4.26. The molecule has 166 valence electrons. The molecule has 0 radical (unpaired) electrons. The van der Waals surface area contributed by atoms with Gasteiger partial charge in [-0.1, -0.05) is 12.8 Å². The van der Waals surface area contributed by atoms with Gasteiger partial charge in [-0.2, -0.15) is 0 Å². The summed E-state index contributed by atoms with van der Waals surface area (Å²) >= 11 is 1.91. The second-order valence-electron chi connectivity index (χ2n) is 8.40. The summed E-state index contributed by atoms with van der Waals surface area (Å²) in [6.45, 7) is 10.2. The Hall–Kier alpha value is -0.380. The van der Waals surface area contributed by atoms with Crippen LogP contribution in [0.5, 0.6) is 0 Å². The van der Waals surface area contributed by atoms with Crippen LogP contribution in [-0.4, -0.2) is 56.8 Å². The molecule has 0 bridgehead atoms. The van der Waals surface area contributed by atoms with Gasteiger partial charge in [0, 0.05) is 57.4 Å². The standard InChI is InChI=1S/C22H38N4OS.HI/c1-4-27-13-11-22(9-5-6-10-22)17-25-21(23-3)24-15-18(2)26-12-7-20-19(16-26)8-14-28-20;/h8,14,18H,4-7,9-13,15-17H2,1-3H3,(H2,23,24,25);1H. The lowest BCUT2D eigenvalue weighted by atomic mass is 9.83.